The Morgan fingerprint density at radius 1 is 1.20 bits per heavy atom. The maximum absolute atomic E-state index is 13.3. The molecule has 0 aromatic heterocycles. The Balaban J connectivity index is 1.71. The molecule has 1 aliphatic heterocycles. The minimum atomic E-state index is 0.0614. The highest BCUT2D eigenvalue weighted by Crippen LogP contribution is 2.30. The van der Waals surface area contributed by atoms with Crippen LogP contribution in [0, 0.1) is 6.92 Å². The van der Waals surface area contributed by atoms with Crippen LogP contribution in [0.15, 0.2) is 34.5 Å². The van der Waals surface area contributed by atoms with Crippen LogP contribution in [0.5, 0.6) is 5.75 Å². The standard InChI is InChI=1S/C25H37N3O2/c1-6-26-21-8-10-22(11-9-21)30-24-15-18(4)7-12-23(24)25(29)28-14-13-20(16-28)19(5)27-17(2)3/h7,12,15,21-22,26H,6,8-11,13-14,16H2,1-5H3. The highest BCUT2D eigenvalue weighted by molar-refractivity contribution is 5.97. The zero-order chi connectivity index (χ0) is 21.7. The molecular weight excluding hydrogens is 374 g/mol. The van der Waals surface area contributed by atoms with Crippen molar-refractivity contribution >= 4 is 11.6 Å². The summed E-state index contributed by atoms with van der Waals surface area (Å²) in [7, 11) is 0. The van der Waals surface area contributed by atoms with E-state index in [1.807, 2.05) is 50.8 Å². The van der Waals surface area contributed by atoms with Crippen LogP contribution in [0.25, 0.3) is 0 Å². The van der Waals surface area contributed by atoms with Crippen molar-refractivity contribution in [3.8, 4) is 5.75 Å². The van der Waals surface area contributed by atoms with Gasteiger partial charge in [0.2, 0.25) is 0 Å². The molecule has 5 nitrogen and oxygen atoms in total. The third kappa shape index (κ3) is 5.72. The van der Waals surface area contributed by atoms with Gasteiger partial charge >= 0.3 is 0 Å². The van der Waals surface area contributed by atoms with Gasteiger partial charge in [-0.25, -0.2) is 0 Å². The molecule has 1 aromatic carbocycles. The number of nitrogens with one attached hydrogen (secondary N) is 1. The quantitative estimate of drug-likeness (QED) is 0.678. The molecule has 0 spiro atoms. The predicted octanol–water partition coefficient (Wildman–Crippen LogP) is 4.90. The van der Waals surface area contributed by atoms with Crippen molar-refractivity contribution < 1.29 is 9.53 Å². The number of hydrogen-bond donors (Lipinski definition) is 1. The molecule has 1 aliphatic carbocycles. The lowest BCUT2D eigenvalue weighted by atomic mass is 9.93. The lowest BCUT2D eigenvalue weighted by molar-refractivity contribution is 0.0783. The molecule has 5 heteroatoms. The maximum Gasteiger partial charge on any atom is 0.257 e. The summed E-state index contributed by atoms with van der Waals surface area (Å²) in [6.07, 6.45) is 5.40. The molecule has 0 bridgehead atoms. The molecule has 3 rings (SSSR count). The molecule has 1 heterocycles. The molecule has 1 saturated heterocycles. The van der Waals surface area contributed by atoms with Crippen molar-refractivity contribution in [3.05, 3.63) is 40.6 Å². The number of ether oxygens (including phenoxy) is 1. The average molecular weight is 412 g/mol. The molecule has 1 aromatic rings. The number of hydrogen-bond acceptors (Lipinski definition) is 4. The van der Waals surface area contributed by atoms with E-state index in [0.29, 0.717) is 18.2 Å². The van der Waals surface area contributed by atoms with Crippen LogP contribution in [0.3, 0.4) is 0 Å². The number of aliphatic imine (C=N–C) groups is 1. The average Bonchev–Trinajstić information content (AvgIpc) is 3.19. The van der Waals surface area contributed by atoms with E-state index in [1.54, 1.807) is 0 Å². The molecule has 0 unspecified atom stereocenters. The number of rotatable bonds is 6. The van der Waals surface area contributed by atoms with Crippen molar-refractivity contribution in [2.45, 2.75) is 78.9 Å². The zero-order valence-corrected chi connectivity index (χ0v) is 19.3. The summed E-state index contributed by atoms with van der Waals surface area (Å²) in [5.41, 5.74) is 5.14. The molecule has 0 atom stereocenters. The minimum absolute atomic E-state index is 0.0614. The van der Waals surface area contributed by atoms with Gasteiger partial charge in [0, 0.05) is 30.5 Å². The fraction of sp³-hybridized carbons (Fsp3) is 0.600. The van der Waals surface area contributed by atoms with Gasteiger partial charge in [-0.1, -0.05) is 13.0 Å². The van der Waals surface area contributed by atoms with Crippen molar-refractivity contribution in [1.82, 2.24) is 10.2 Å². The third-order valence-electron chi connectivity index (χ3n) is 6.08. The number of likely N-dealkylation sites (tertiary alicyclic amines) is 1. The minimum Gasteiger partial charge on any atom is -0.490 e. The summed E-state index contributed by atoms with van der Waals surface area (Å²) in [4.78, 5) is 19.8. The van der Waals surface area contributed by atoms with E-state index in [1.165, 1.54) is 5.57 Å². The topological polar surface area (TPSA) is 53.9 Å². The first-order chi connectivity index (χ1) is 14.4. The van der Waals surface area contributed by atoms with E-state index < -0.39 is 0 Å². The zero-order valence-electron chi connectivity index (χ0n) is 19.3. The highest BCUT2D eigenvalue weighted by Gasteiger charge is 2.28. The van der Waals surface area contributed by atoms with Crippen LogP contribution in [0.4, 0.5) is 0 Å². The Bertz CT molecular complexity index is 816. The van der Waals surface area contributed by atoms with E-state index in [2.05, 4.69) is 17.2 Å². The second-order valence-electron chi connectivity index (χ2n) is 8.87. The number of carbonyl (C=O) groups is 1. The molecule has 2 fully saturated rings. The Labute approximate surface area is 181 Å². The lowest BCUT2D eigenvalue weighted by Gasteiger charge is -2.30. The molecule has 1 saturated carbocycles. The summed E-state index contributed by atoms with van der Waals surface area (Å²) < 4.78 is 6.39. The first-order valence-corrected chi connectivity index (χ1v) is 11.4. The van der Waals surface area contributed by atoms with Crippen LogP contribution in [-0.4, -0.2) is 48.3 Å². The fourth-order valence-electron chi connectivity index (χ4n) is 4.47. The van der Waals surface area contributed by atoms with E-state index in [9.17, 15) is 4.79 Å². The molecular formula is C25H37N3O2. The van der Waals surface area contributed by atoms with Crippen molar-refractivity contribution in [2.75, 3.05) is 19.6 Å². The van der Waals surface area contributed by atoms with Crippen LogP contribution in [-0.2, 0) is 0 Å². The Kier molecular flexibility index (Phi) is 7.70. The Morgan fingerprint density at radius 2 is 1.93 bits per heavy atom. The summed E-state index contributed by atoms with van der Waals surface area (Å²) in [5, 5.41) is 3.54. The van der Waals surface area contributed by atoms with E-state index in [0.717, 1.165) is 67.9 Å². The molecule has 2 aliphatic rings. The molecule has 1 N–H and O–H groups in total. The number of amides is 1. The fourth-order valence-corrected chi connectivity index (χ4v) is 4.47. The number of aryl methyl sites for hydroxylation is 1. The maximum atomic E-state index is 13.3. The predicted molar refractivity (Wildman–Crippen MR) is 124 cm³/mol. The van der Waals surface area contributed by atoms with Gasteiger partial charge in [-0.3, -0.25) is 9.79 Å². The summed E-state index contributed by atoms with van der Waals surface area (Å²) in [5.74, 6) is 0.801. The van der Waals surface area contributed by atoms with Gasteiger partial charge in [-0.2, -0.15) is 0 Å². The van der Waals surface area contributed by atoms with Crippen LogP contribution < -0.4 is 10.1 Å². The smallest absolute Gasteiger partial charge is 0.257 e. The number of allylic oxidation sites excluding steroid dienone is 1. The molecule has 1 amide bonds. The van der Waals surface area contributed by atoms with Gasteiger partial charge in [0.1, 0.15) is 5.75 Å². The summed E-state index contributed by atoms with van der Waals surface area (Å²) in [6.45, 7) is 12.7. The van der Waals surface area contributed by atoms with Crippen molar-refractivity contribution in [1.29, 1.82) is 0 Å². The third-order valence-corrected chi connectivity index (χ3v) is 6.08. The second kappa shape index (κ2) is 10.3. The highest BCUT2D eigenvalue weighted by atomic mass is 16.5. The number of nitrogens with zero attached hydrogens (tertiary/aromatic N) is 2. The number of carbonyl (C=O) groups excluding carboxylic acids is 1. The van der Waals surface area contributed by atoms with Crippen molar-refractivity contribution in [2.24, 2.45) is 4.99 Å². The monoisotopic (exact) mass is 411 g/mol. The first kappa shape index (κ1) is 22.5. The molecule has 0 radical (unpaired) electrons. The Morgan fingerprint density at radius 3 is 2.60 bits per heavy atom. The van der Waals surface area contributed by atoms with Gasteiger partial charge in [-0.05, 0) is 89.6 Å². The van der Waals surface area contributed by atoms with Gasteiger partial charge < -0.3 is 15.0 Å². The molecule has 164 valence electrons. The largest absolute Gasteiger partial charge is 0.490 e. The van der Waals surface area contributed by atoms with Gasteiger partial charge in [0.05, 0.1) is 11.7 Å². The van der Waals surface area contributed by atoms with E-state index >= 15 is 0 Å². The van der Waals surface area contributed by atoms with Crippen molar-refractivity contribution in [3.63, 3.8) is 0 Å². The summed E-state index contributed by atoms with van der Waals surface area (Å²) in [6, 6.07) is 6.55. The summed E-state index contributed by atoms with van der Waals surface area (Å²) >= 11 is 0. The lowest BCUT2D eigenvalue weighted by Crippen LogP contribution is -2.36. The van der Waals surface area contributed by atoms with Gasteiger partial charge in [0.15, 0.2) is 0 Å². The normalized spacial score (nSPS) is 23.3. The number of benzene rings is 1. The SMILES string of the molecule is CCNC1CCC(Oc2cc(C)ccc2C(=O)N2CCC(=C(C)N=C(C)C)C2)CC1. The van der Waals surface area contributed by atoms with Crippen LogP contribution in [0.2, 0.25) is 0 Å². The second-order valence-corrected chi connectivity index (χ2v) is 8.87. The van der Waals surface area contributed by atoms with E-state index in [4.69, 9.17) is 4.74 Å². The molecule has 30 heavy (non-hydrogen) atoms. The Hall–Kier alpha value is -2.14. The van der Waals surface area contributed by atoms with Crippen LogP contribution >= 0.6 is 0 Å². The van der Waals surface area contributed by atoms with Gasteiger partial charge in [-0.15, -0.1) is 0 Å². The van der Waals surface area contributed by atoms with Gasteiger partial charge in [0.25, 0.3) is 5.91 Å². The van der Waals surface area contributed by atoms with Crippen LogP contribution in [0.1, 0.15) is 75.7 Å². The van der Waals surface area contributed by atoms with E-state index in [-0.39, 0.29) is 12.0 Å². The first-order valence-electron chi connectivity index (χ1n) is 11.4.